The van der Waals surface area contributed by atoms with Gasteiger partial charge in [0.1, 0.15) is 5.56 Å². The van der Waals surface area contributed by atoms with Crippen LogP contribution in [0.1, 0.15) is 23.0 Å². The van der Waals surface area contributed by atoms with E-state index < -0.39 is 5.97 Å². The summed E-state index contributed by atoms with van der Waals surface area (Å²) in [6.45, 7) is 1.97. The van der Waals surface area contributed by atoms with Crippen LogP contribution in [0.3, 0.4) is 0 Å². The van der Waals surface area contributed by atoms with Crippen LogP contribution in [0, 0.1) is 0 Å². The largest absolute Gasteiger partial charge is 0.494 e. The fraction of sp³-hybridized carbons (Fsp3) is 0.400. The van der Waals surface area contributed by atoms with Crippen molar-refractivity contribution in [3.8, 4) is 5.75 Å². The maximum atomic E-state index is 11.3. The number of hydrogen-bond donors (Lipinski definition) is 0. The van der Waals surface area contributed by atoms with Crippen molar-refractivity contribution in [3.63, 3.8) is 0 Å². The number of hydrogen-bond acceptors (Lipinski definition) is 4. The van der Waals surface area contributed by atoms with Crippen LogP contribution in [0.2, 0.25) is 0 Å². The minimum Gasteiger partial charge on any atom is -0.494 e. The zero-order chi connectivity index (χ0) is 10.6. The van der Waals surface area contributed by atoms with E-state index in [-0.39, 0.29) is 0 Å². The Kier molecular flexibility index (Phi) is 3.45. The molecule has 14 heavy (non-hydrogen) atoms. The van der Waals surface area contributed by atoms with Crippen LogP contribution in [0.5, 0.6) is 5.75 Å². The molecular formula is C10H13NO3. The molecule has 0 saturated carbocycles. The minimum atomic E-state index is -0.404. The summed E-state index contributed by atoms with van der Waals surface area (Å²) in [5.41, 5.74) is 1.26. The van der Waals surface area contributed by atoms with E-state index in [9.17, 15) is 4.79 Å². The lowest BCUT2D eigenvalue weighted by atomic mass is 10.2. The smallest absolute Gasteiger partial charge is 0.341 e. The van der Waals surface area contributed by atoms with Crippen LogP contribution in [0.15, 0.2) is 12.3 Å². The molecule has 76 valence electrons. The standard InChI is InChI=1S/C10H13NO3/c1-4-7-5-8(10(12)14-3)9(13-2)6-11-7/h5-6H,4H2,1-3H3. The highest BCUT2D eigenvalue weighted by Gasteiger charge is 2.13. The van der Waals surface area contributed by atoms with Gasteiger partial charge in [0.15, 0.2) is 5.75 Å². The molecule has 0 unspecified atom stereocenters. The number of rotatable bonds is 3. The number of methoxy groups -OCH3 is 2. The number of carbonyl (C=O) groups is 1. The molecule has 0 fully saturated rings. The lowest BCUT2D eigenvalue weighted by Gasteiger charge is -2.07. The molecule has 4 nitrogen and oxygen atoms in total. The predicted octanol–water partition coefficient (Wildman–Crippen LogP) is 1.44. The zero-order valence-electron chi connectivity index (χ0n) is 8.53. The molecule has 1 aromatic rings. The molecule has 0 radical (unpaired) electrons. The monoisotopic (exact) mass is 195 g/mol. The molecule has 1 rings (SSSR count). The normalized spacial score (nSPS) is 9.64. The van der Waals surface area contributed by atoms with E-state index in [0.29, 0.717) is 11.3 Å². The number of carbonyl (C=O) groups excluding carboxylic acids is 1. The SMILES string of the molecule is CCc1cc(C(=O)OC)c(OC)cn1. The van der Waals surface area contributed by atoms with Gasteiger partial charge in [-0.15, -0.1) is 0 Å². The number of pyridine rings is 1. The number of nitrogens with zero attached hydrogens (tertiary/aromatic N) is 1. The first-order chi connectivity index (χ1) is 6.72. The van der Waals surface area contributed by atoms with Crippen molar-refractivity contribution in [3.05, 3.63) is 23.5 Å². The highest BCUT2D eigenvalue weighted by molar-refractivity contribution is 5.92. The van der Waals surface area contributed by atoms with Crippen molar-refractivity contribution in [1.82, 2.24) is 4.98 Å². The molecule has 0 bridgehead atoms. The van der Waals surface area contributed by atoms with Gasteiger partial charge in [-0.2, -0.15) is 0 Å². The molecule has 0 atom stereocenters. The van der Waals surface area contributed by atoms with Crippen LogP contribution in [-0.2, 0) is 11.2 Å². The summed E-state index contributed by atoms with van der Waals surface area (Å²) in [4.78, 5) is 15.4. The molecule has 1 aromatic heterocycles. The van der Waals surface area contributed by atoms with E-state index in [4.69, 9.17) is 4.74 Å². The Morgan fingerprint density at radius 2 is 2.21 bits per heavy atom. The summed E-state index contributed by atoms with van der Waals surface area (Å²) in [6, 6.07) is 1.69. The van der Waals surface area contributed by atoms with Crippen molar-refractivity contribution in [2.75, 3.05) is 14.2 Å². The first-order valence-corrected chi connectivity index (χ1v) is 4.34. The van der Waals surface area contributed by atoms with Gasteiger partial charge in [-0.05, 0) is 12.5 Å². The second-order valence-electron chi connectivity index (χ2n) is 2.72. The Balaban J connectivity index is 3.14. The molecule has 1 heterocycles. The van der Waals surface area contributed by atoms with Crippen LogP contribution in [-0.4, -0.2) is 25.2 Å². The summed E-state index contributed by atoms with van der Waals surface area (Å²) in [6.07, 6.45) is 2.30. The quantitative estimate of drug-likeness (QED) is 0.685. The van der Waals surface area contributed by atoms with Gasteiger partial charge in [-0.1, -0.05) is 6.92 Å². The second kappa shape index (κ2) is 4.60. The summed E-state index contributed by atoms with van der Waals surface area (Å²) in [7, 11) is 2.84. The van der Waals surface area contributed by atoms with Crippen LogP contribution in [0.25, 0.3) is 0 Å². The predicted molar refractivity (Wildman–Crippen MR) is 51.5 cm³/mol. The van der Waals surface area contributed by atoms with E-state index in [2.05, 4.69) is 9.72 Å². The van der Waals surface area contributed by atoms with Gasteiger partial charge < -0.3 is 9.47 Å². The first-order valence-electron chi connectivity index (χ1n) is 4.34. The van der Waals surface area contributed by atoms with Gasteiger partial charge >= 0.3 is 5.97 Å². The van der Waals surface area contributed by atoms with E-state index in [0.717, 1.165) is 12.1 Å². The molecule has 0 aliphatic carbocycles. The van der Waals surface area contributed by atoms with Crippen molar-refractivity contribution in [2.24, 2.45) is 0 Å². The van der Waals surface area contributed by atoms with Crippen molar-refractivity contribution < 1.29 is 14.3 Å². The van der Waals surface area contributed by atoms with Crippen LogP contribution < -0.4 is 4.74 Å². The van der Waals surface area contributed by atoms with E-state index in [1.165, 1.54) is 20.4 Å². The summed E-state index contributed by atoms with van der Waals surface area (Å²) >= 11 is 0. The Morgan fingerprint density at radius 1 is 1.50 bits per heavy atom. The average Bonchev–Trinajstić information content (AvgIpc) is 2.27. The van der Waals surface area contributed by atoms with Crippen LogP contribution >= 0.6 is 0 Å². The van der Waals surface area contributed by atoms with E-state index >= 15 is 0 Å². The first kappa shape index (κ1) is 10.5. The van der Waals surface area contributed by atoms with Crippen molar-refractivity contribution >= 4 is 5.97 Å². The molecule has 4 heteroatoms. The van der Waals surface area contributed by atoms with Crippen molar-refractivity contribution in [1.29, 1.82) is 0 Å². The third-order valence-electron chi connectivity index (χ3n) is 1.91. The Labute approximate surface area is 82.9 Å². The molecule has 0 N–H and O–H groups in total. The zero-order valence-corrected chi connectivity index (χ0v) is 8.53. The Hall–Kier alpha value is -1.58. The lowest BCUT2D eigenvalue weighted by Crippen LogP contribution is -2.05. The molecule has 0 saturated heterocycles. The summed E-state index contributed by atoms with van der Waals surface area (Å²) < 4.78 is 9.64. The van der Waals surface area contributed by atoms with Gasteiger partial charge in [0, 0.05) is 5.69 Å². The van der Waals surface area contributed by atoms with Crippen LogP contribution in [0.4, 0.5) is 0 Å². The number of ether oxygens (including phenoxy) is 2. The average molecular weight is 195 g/mol. The molecule has 0 aromatic carbocycles. The van der Waals surface area contributed by atoms with Gasteiger partial charge in [0.05, 0.1) is 20.4 Å². The minimum absolute atomic E-state index is 0.404. The number of aromatic nitrogens is 1. The Bertz CT molecular complexity index is 336. The topological polar surface area (TPSA) is 48.4 Å². The summed E-state index contributed by atoms with van der Waals surface area (Å²) in [5.74, 6) is 0.0352. The third-order valence-corrected chi connectivity index (χ3v) is 1.91. The fourth-order valence-electron chi connectivity index (χ4n) is 1.11. The molecular weight excluding hydrogens is 182 g/mol. The maximum absolute atomic E-state index is 11.3. The molecule has 0 aliphatic heterocycles. The van der Waals surface area contributed by atoms with Gasteiger partial charge in [-0.25, -0.2) is 4.79 Å². The van der Waals surface area contributed by atoms with Gasteiger partial charge in [0.25, 0.3) is 0 Å². The molecule has 0 spiro atoms. The van der Waals surface area contributed by atoms with Gasteiger partial charge in [-0.3, -0.25) is 4.98 Å². The molecule has 0 amide bonds. The fourth-order valence-corrected chi connectivity index (χ4v) is 1.11. The van der Waals surface area contributed by atoms with E-state index in [1.807, 2.05) is 6.92 Å². The number of aryl methyl sites for hydroxylation is 1. The van der Waals surface area contributed by atoms with E-state index in [1.54, 1.807) is 6.07 Å². The molecule has 0 aliphatic rings. The lowest BCUT2D eigenvalue weighted by molar-refractivity contribution is 0.0596. The second-order valence-corrected chi connectivity index (χ2v) is 2.72. The summed E-state index contributed by atoms with van der Waals surface area (Å²) in [5, 5.41) is 0. The maximum Gasteiger partial charge on any atom is 0.341 e. The van der Waals surface area contributed by atoms with Crippen molar-refractivity contribution in [2.45, 2.75) is 13.3 Å². The highest BCUT2D eigenvalue weighted by atomic mass is 16.5. The number of esters is 1. The van der Waals surface area contributed by atoms with Gasteiger partial charge in [0.2, 0.25) is 0 Å². The third kappa shape index (κ3) is 2.02. The highest BCUT2D eigenvalue weighted by Crippen LogP contribution is 2.18. The Morgan fingerprint density at radius 3 is 2.71 bits per heavy atom.